The predicted molar refractivity (Wildman–Crippen MR) is 307 cm³/mol. The molecule has 406 valence electrons. The van der Waals surface area contributed by atoms with Crippen molar-refractivity contribution in [1.82, 2.24) is 0 Å². The molecule has 0 aliphatic rings. The van der Waals surface area contributed by atoms with Crippen LogP contribution < -0.4 is 0 Å². The van der Waals surface area contributed by atoms with Crippen molar-refractivity contribution < 1.29 is 28.6 Å². The van der Waals surface area contributed by atoms with Gasteiger partial charge in [0.05, 0.1) is 0 Å². The summed E-state index contributed by atoms with van der Waals surface area (Å²) < 4.78 is 16.9. The summed E-state index contributed by atoms with van der Waals surface area (Å²) >= 11 is 0. The molecule has 0 aliphatic heterocycles. The minimum absolute atomic E-state index is 0.0869. The third-order valence-electron chi connectivity index (χ3n) is 12.6. The van der Waals surface area contributed by atoms with Gasteiger partial charge in [-0.1, -0.05) is 259 Å². The molecule has 1 atom stereocenters. The molecular weight excluding hydrogens is 877 g/mol. The van der Waals surface area contributed by atoms with Crippen LogP contribution in [0.5, 0.6) is 0 Å². The zero-order valence-corrected chi connectivity index (χ0v) is 46.5. The van der Waals surface area contributed by atoms with Gasteiger partial charge in [0.25, 0.3) is 0 Å². The van der Waals surface area contributed by atoms with E-state index in [9.17, 15) is 14.4 Å². The smallest absolute Gasteiger partial charge is 0.306 e. The van der Waals surface area contributed by atoms with E-state index >= 15 is 0 Å². The average Bonchev–Trinajstić information content (AvgIpc) is 3.37. The van der Waals surface area contributed by atoms with Crippen LogP contribution >= 0.6 is 0 Å². The maximum atomic E-state index is 12.9. The van der Waals surface area contributed by atoms with Crippen molar-refractivity contribution in [3.8, 4) is 0 Å². The van der Waals surface area contributed by atoms with E-state index in [4.69, 9.17) is 14.2 Å². The molecule has 0 N–H and O–H groups in total. The van der Waals surface area contributed by atoms with Gasteiger partial charge in [-0.15, -0.1) is 0 Å². The number of allylic oxidation sites excluding steroid dienone is 16. The Labute approximate surface area is 438 Å². The van der Waals surface area contributed by atoms with Crippen LogP contribution in [0.2, 0.25) is 0 Å². The molecule has 0 rings (SSSR count). The summed E-state index contributed by atoms with van der Waals surface area (Å²) in [5.41, 5.74) is 0. The van der Waals surface area contributed by atoms with E-state index in [1.807, 2.05) is 0 Å². The Morgan fingerprint density at radius 2 is 0.549 bits per heavy atom. The number of hydrogen-bond donors (Lipinski definition) is 0. The Hall–Kier alpha value is -3.67. The van der Waals surface area contributed by atoms with E-state index in [1.165, 1.54) is 116 Å². The van der Waals surface area contributed by atoms with Gasteiger partial charge in [-0.05, 0) is 96.3 Å². The fourth-order valence-electron chi connectivity index (χ4n) is 8.19. The second-order valence-electron chi connectivity index (χ2n) is 19.5. The first-order chi connectivity index (χ1) is 35.0. The largest absolute Gasteiger partial charge is 0.462 e. The van der Waals surface area contributed by atoms with E-state index in [1.54, 1.807) is 0 Å². The van der Waals surface area contributed by atoms with Crippen LogP contribution in [0.4, 0.5) is 0 Å². The molecule has 0 fully saturated rings. The molecule has 0 saturated carbocycles. The maximum Gasteiger partial charge on any atom is 0.306 e. The van der Waals surface area contributed by atoms with E-state index in [0.717, 1.165) is 122 Å². The molecule has 0 aromatic carbocycles. The lowest BCUT2D eigenvalue weighted by Crippen LogP contribution is -2.30. The topological polar surface area (TPSA) is 78.9 Å². The van der Waals surface area contributed by atoms with Crippen LogP contribution in [-0.4, -0.2) is 37.2 Å². The second kappa shape index (κ2) is 58.9. The normalized spacial score (nSPS) is 12.8. The van der Waals surface area contributed by atoms with Gasteiger partial charge in [0.2, 0.25) is 0 Å². The molecule has 0 aromatic heterocycles. The molecule has 6 heteroatoms. The Bertz CT molecular complexity index is 1410. The monoisotopic (exact) mass is 987 g/mol. The summed E-state index contributed by atoms with van der Waals surface area (Å²) in [5.74, 6) is -0.909. The third kappa shape index (κ3) is 57.1. The first kappa shape index (κ1) is 67.3. The number of ether oxygens (including phenoxy) is 3. The quantitative estimate of drug-likeness (QED) is 0.0261. The highest BCUT2D eigenvalue weighted by Gasteiger charge is 2.19. The van der Waals surface area contributed by atoms with Crippen LogP contribution in [-0.2, 0) is 28.6 Å². The molecule has 0 saturated heterocycles. The van der Waals surface area contributed by atoms with Crippen molar-refractivity contribution >= 4 is 17.9 Å². The zero-order chi connectivity index (χ0) is 51.4. The molecule has 0 aromatic rings. The highest BCUT2D eigenvalue weighted by molar-refractivity contribution is 5.71. The van der Waals surface area contributed by atoms with Crippen molar-refractivity contribution in [2.24, 2.45) is 0 Å². The molecule has 0 heterocycles. The number of carbonyl (C=O) groups excluding carboxylic acids is 3. The summed E-state index contributed by atoms with van der Waals surface area (Å²) in [5, 5.41) is 0. The van der Waals surface area contributed by atoms with Gasteiger partial charge < -0.3 is 14.2 Å². The van der Waals surface area contributed by atoms with Crippen molar-refractivity contribution in [1.29, 1.82) is 0 Å². The summed E-state index contributed by atoms with van der Waals surface area (Å²) in [6.45, 7) is 6.41. The number of carbonyl (C=O) groups is 3. The Morgan fingerprint density at radius 3 is 0.859 bits per heavy atom. The Balaban J connectivity index is 4.37. The van der Waals surface area contributed by atoms with Crippen LogP contribution in [0.25, 0.3) is 0 Å². The van der Waals surface area contributed by atoms with Crippen molar-refractivity contribution in [2.45, 2.75) is 284 Å². The number of rotatable bonds is 53. The Kier molecular flexibility index (Phi) is 55.9. The highest BCUT2D eigenvalue weighted by Crippen LogP contribution is 2.16. The van der Waals surface area contributed by atoms with Gasteiger partial charge >= 0.3 is 17.9 Å². The molecular formula is C65H110O6. The van der Waals surface area contributed by atoms with Gasteiger partial charge in [0.15, 0.2) is 6.10 Å². The van der Waals surface area contributed by atoms with Crippen LogP contribution in [0.1, 0.15) is 278 Å². The molecule has 0 amide bonds. The highest BCUT2D eigenvalue weighted by atomic mass is 16.6. The average molecular weight is 988 g/mol. The maximum absolute atomic E-state index is 12.9. The van der Waals surface area contributed by atoms with Gasteiger partial charge in [0.1, 0.15) is 13.2 Å². The van der Waals surface area contributed by atoms with Crippen molar-refractivity contribution in [3.63, 3.8) is 0 Å². The van der Waals surface area contributed by atoms with Gasteiger partial charge in [0, 0.05) is 19.3 Å². The van der Waals surface area contributed by atoms with Gasteiger partial charge in [-0.2, -0.15) is 0 Å². The standard InChI is InChI=1S/C65H110O6/c1-4-7-10-13-16-19-22-25-27-29-30-31-32-33-34-36-37-40-43-46-49-52-55-58-64(67)70-61-62(60-69-63(66)57-54-51-48-45-42-39-24-21-18-15-12-9-6-3)71-65(68)59-56-53-50-47-44-41-38-35-28-26-23-20-17-14-11-8-5-2/h7-8,10-11,16-17,19-20,25-28,30-31,38,41,62H,4-6,9,12-15,18,21-24,29,32-37,39-40,42-61H2,1-3H3/b10-7-,11-8-,19-16-,20-17-,27-25-,28-26-,31-30-,41-38-. The van der Waals surface area contributed by atoms with Gasteiger partial charge in [-0.3, -0.25) is 14.4 Å². The molecule has 0 aliphatic carbocycles. The Morgan fingerprint density at radius 1 is 0.296 bits per heavy atom. The lowest BCUT2D eigenvalue weighted by molar-refractivity contribution is -0.167. The van der Waals surface area contributed by atoms with Crippen molar-refractivity contribution in [3.05, 3.63) is 97.2 Å². The predicted octanol–water partition coefficient (Wildman–Crippen LogP) is 20.1. The SMILES string of the molecule is CC/C=C\C/C=C\C/C=C\C/C=C\CCCCCCCCCCCCC(=O)OCC(COC(=O)CCCCCCCCCCCCCCC)OC(=O)CCCCCC/C=C\C/C=C\C/C=C\C/C=C\CC. The number of esters is 3. The minimum atomic E-state index is -0.792. The molecule has 0 spiro atoms. The fourth-order valence-corrected chi connectivity index (χ4v) is 8.19. The molecule has 71 heavy (non-hydrogen) atoms. The molecule has 0 bridgehead atoms. The number of hydrogen-bond acceptors (Lipinski definition) is 6. The summed E-state index contributed by atoms with van der Waals surface area (Å²) in [6, 6.07) is 0. The third-order valence-corrected chi connectivity index (χ3v) is 12.6. The lowest BCUT2D eigenvalue weighted by atomic mass is 10.0. The number of unbranched alkanes of at least 4 members (excludes halogenated alkanes) is 26. The molecule has 1 unspecified atom stereocenters. The zero-order valence-electron chi connectivity index (χ0n) is 46.5. The summed E-state index contributed by atoms with van der Waals surface area (Å²) in [4.78, 5) is 38.2. The molecule has 6 nitrogen and oxygen atoms in total. The van der Waals surface area contributed by atoms with E-state index in [0.29, 0.717) is 19.3 Å². The van der Waals surface area contributed by atoms with Crippen LogP contribution in [0.15, 0.2) is 97.2 Å². The minimum Gasteiger partial charge on any atom is -0.462 e. The fraction of sp³-hybridized carbons (Fsp3) is 0.708. The summed E-state index contributed by atoms with van der Waals surface area (Å²) in [6.07, 6.45) is 78.3. The summed E-state index contributed by atoms with van der Waals surface area (Å²) in [7, 11) is 0. The van der Waals surface area contributed by atoms with E-state index in [2.05, 4.69) is 118 Å². The van der Waals surface area contributed by atoms with Crippen molar-refractivity contribution in [2.75, 3.05) is 13.2 Å². The first-order valence-electron chi connectivity index (χ1n) is 29.7. The van der Waals surface area contributed by atoms with Crippen LogP contribution in [0, 0.1) is 0 Å². The van der Waals surface area contributed by atoms with Crippen LogP contribution in [0.3, 0.4) is 0 Å². The van der Waals surface area contributed by atoms with E-state index in [-0.39, 0.29) is 31.1 Å². The van der Waals surface area contributed by atoms with Gasteiger partial charge in [-0.25, -0.2) is 0 Å². The second-order valence-corrected chi connectivity index (χ2v) is 19.5. The van der Waals surface area contributed by atoms with E-state index < -0.39 is 6.10 Å². The first-order valence-corrected chi connectivity index (χ1v) is 29.7. The molecule has 0 radical (unpaired) electrons. The lowest BCUT2D eigenvalue weighted by Gasteiger charge is -2.18.